The normalized spacial score (nSPS) is 12.1. The number of fused-ring (bicyclic) bond motifs is 1. The first kappa shape index (κ1) is 13.3. The summed E-state index contributed by atoms with van der Waals surface area (Å²) in [6.45, 7) is 0. The molecule has 0 N–H and O–H groups in total. The van der Waals surface area contributed by atoms with Gasteiger partial charge in [-0.05, 0) is 27.4 Å². The Kier molecular flexibility index (Phi) is 4.07. The topological polar surface area (TPSA) is 0 Å². The fraction of sp³-hybridized carbons (Fsp3) is 0.0909. The van der Waals surface area contributed by atoms with E-state index in [1.807, 2.05) is 30.3 Å². The summed E-state index contributed by atoms with van der Waals surface area (Å²) in [6.07, 6.45) is 0. The largest absolute Gasteiger partial charge is 0.160 e. The number of alkyl halides is 3. The molecule has 0 aliphatic carbocycles. The number of benzene rings is 2. The van der Waals surface area contributed by atoms with Crippen molar-refractivity contribution in [1.29, 1.82) is 0 Å². The summed E-state index contributed by atoms with van der Waals surface area (Å²) in [5.41, 5.74) is 1.04. The second kappa shape index (κ2) is 4.88. The predicted molar refractivity (Wildman–Crippen MR) is 85.1 cm³/mol. The fourth-order valence-corrected chi connectivity index (χ4v) is 4.56. The van der Waals surface area contributed by atoms with Crippen molar-refractivity contribution in [3.8, 4) is 0 Å². The van der Waals surface area contributed by atoms with Gasteiger partial charge in [0, 0.05) is 20.4 Å². The van der Waals surface area contributed by atoms with E-state index in [4.69, 9.17) is 11.6 Å². The number of halogens is 5. The van der Waals surface area contributed by atoms with E-state index in [1.54, 1.807) is 0 Å². The molecule has 84 valence electrons. The molecule has 0 saturated carbocycles. The number of hydrogen-bond donors (Lipinski definition) is 0. The molecule has 0 bridgehead atoms. The maximum Gasteiger partial charge on any atom is 0.160 e. The van der Waals surface area contributed by atoms with Crippen molar-refractivity contribution in [2.75, 3.05) is 0 Å². The molecule has 0 aliphatic rings. The van der Waals surface area contributed by atoms with Crippen LogP contribution in [-0.2, 0) is 2.14 Å². The minimum Gasteiger partial charge on any atom is -0.0836 e. The van der Waals surface area contributed by atoms with Crippen molar-refractivity contribution < 1.29 is 0 Å². The fourth-order valence-electron chi connectivity index (χ4n) is 1.51. The van der Waals surface area contributed by atoms with Crippen molar-refractivity contribution >= 4 is 86.1 Å². The monoisotopic (exact) mass is 488 g/mol. The van der Waals surface area contributed by atoms with E-state index in [2.05, 4.69) is 63.7 Å². The molecule has 16 heavy (non-hydrogen) atoms. The van der Waals surface area contributed by atoms with Gasteiger partial charge < -0.3 is 0 Å². The summed E-state index contributed by atoms with van der Waals surface area (Å²) >= 11 is 20.3. The lowest BCUT2D eigenvalue weighted by Gasteiger charge is -2.16. The van der Waals surface area contributed by atoms with Crippen molar-refractivity contribution in [1.82, 2.24) is 0 Å². The van der Waals surface area contributed by atoms with E-state index in [0.29, 0.717) is 0 Å². The second-order valence-corrected chi connectivity index (χ2v) is 11.2. The van der Waals surface area contributed by atoms with Gasteiger partial charge >= 0.3 is 0 Å². The van der Waals surface area contributed by atoms with Crippen molar-refractivity contribution in [3.63, 3.8) is 0 Å². The lowest BCUT2D eigenvalue weighted by atomic mass is 10.1. The average Bonchev–Trinajstić information content (AvgIpc) is 2.16. The average molecular weight is 492 g/mol. The van der Waals surface area contributed by atoms with Crippen LogP contribution >= 0.6 is 75.3 Å². The van der Waals surface area contributed by atoms with Crippen LogP contribution in [0.25, 0.3) is 10.8 Å². The quantitative estimate of drug-likeness (QED) is 0.366. The zero-order valence-electron chi connectivity index (χ0n) is 7.78. The van der Waals surface area contributed by atoms with Gasteiger partial charge in [0.15, 0.2) is 2.14 Å². The van der Waals surface area contributed by atoms with Gasteiger partial charge in [-0.15, -0.1) is 0 Å². The van der Waals surface area contributed by atoms with E-state index in [1.165, 1.54) is 0 Å². The maximum absolute atomic E-state index is 6.21. The molecule has 0 fully saturated rings. The molecule has 0 nitrogen and oxygen atoms in total. The summed E-state index contributed by atoms with van der Waals surface area (Å²) < 4.78 is 0.528. The maximum atomic E-state index is 6.21. The Balaban J connectivity index is 2.84. The molecule has 5 heteroatoms. The highest BCUT2D eigenvalue weighted by Gasteiger charge is 2.24. The van der Waals surface area contributed by atoms with Gasteiger partial charge in [0.2, 0.25) is 0 Å². The molecule has 0 aromatic heterocycles. The number of hydrogen-bond acceptors (Lipinski definition) is 0. The van der Waals surface area contributed by atoms with Crippen LogP contribution in [0.4, 0.5) is 0 Å². The van der Waals surface area contributed by atoms with Gasteiger partial charge in [-0.3, -0.25) is 0 Å². The minimum atomic E-state index is -0.445. The molecule has 0 aliphatic heterocycles. The number of rotatable bonds is 0. The zero-order valence-corrected chi connectivity index (χ0v) is 14.9. The Morgan fingerprint density at radius 2 is 1.69 bits per heavy atom. The minimum absolute atomic E-state index is 0.445. The van der Waals surface area contributed by atoms with E-state index >= 15 is 0 Å². The van der Waals surface area contributed by atoms with Gasteiger partial charge in [0.1, 0.15) is 0 Å². The lowest BCUT2D eigenvalue weighted by Crippen LogP contribution is -1.99. The van der Waals surface area contributed by atoms with Crippen LogP contribution in [0.2, 0.25) is 5.02 Å². The first-order valence-corrected chi connectivity index (χ1v) is 7.90. The summed E-state index contributed by atoms with van der Waals surface area (Å²) in [4.78, 5) is 0. The third-order valence-corrected chi connectivity index (χ3v) is 4.66. The molecule has 0 saturated heterocycles. The van der Waals surface area contributed by atoms with Crippen molar-refractivity contribution in [3.05, 3.63) is 45.4 Å². The van der Waals surface area contributed by atoms with Crippen molar-refractivity contribution in [2.45, 2.75) is 2.14 Å². The van der Waals surface area contributed by atoms with Gasteiger partial charge in [0.25, 0.3) is 0 Å². The van der Waals surface area contributed by atoms with E-state index in [0.717, 1.165) is 25.8 Å². The highest BCUT2D eigenvalue weighted by Crippen LogP contribution is 2.49. The zero-order chi connectivity index (χ0) is 11.9. The third kappa shape index (κ3) is 2.51. The lowest BCUT2D eigenvalue weighted by molar-refractivity contribution is 1.36. The summed E-state index contributed by atoms with van der Waals surface area (Å²) in [6, 6.07) is 9.94. The molecule has 2 rings (SSSR count). The highest BCUT2D eigenvalue weighted by molar-refractivity contribution is 9.38. The molecule has 0 spiro atoms. The Bertz CT molecular complexity index is 545. The SMILES string of the molecule is Clc1cccc2ccc(C(Br)(Br)Br)c(Br)c12. The Morgan fingerprint density at radius 1 is 1.00 bits per heavy atom. The van der Waals surface area contributed by atoms with Crippen LogP contribution in [0.1, 0.15) is 5.56 Å². The second-order valence-electron chi connectivity index (χ2n) is 3.26. The van der Waals surface area contributed by atoms with Crippen LogP contribution in [0.5, 0.6) is 0 Å². The molecule has 0 radical (unpaired) electrons. The summed E-state index contributed by atoms with van der Waals surface area (Å²) in [5.74, 6) is 0. The molecule has 0 atom stereocenters. The van der Waals surface area contributed by atoms with Crippen LogP contribution in [0, 0.1) is 0 Å². The standard InChI is InChI=1S/C11H5Br4Cl/c12-10-7(11(13,14)15)5-4-6-2-1-3-8(16)9(6)10/h1-5H. The van der Waals surface area contributed by atoms with E-state index < -0.39 is 2.14 Å². The molecule has 0 amide bonds. The van der Waals surface area contributed by atoms with Gasteiger partial charge in [-0.1, -0.05) is 83.7 Å². The van der Waals surface area contributed by atoms with Crippen LogP contribution < -0.4 is 0 Å². The molecule has 2 aromatic rings. The first-order valence-electron chi connectivity index (χ1n) is 4.35. The molecule has 2 aromatic carbocycles. The third-order valence-electron chi connectivity index (χ3n) is 2.24. The first-order chi connectivity index (χ1) is 7.41. The Hall–Kier alpha value is 0.910. The Labute approximate surface area is 132 Å². The van der Waals surface area contributed by atoms with Crippen molar-refractivity contribution in [2.24, 2.45) is 0 Å². The van der Waals surface area contributed by atoms with Gasteiger partial charge in [-0.2, -0.15) is 0 Å². The molecule has 0 heterocycles. The molecule has 0 unspecified atom stereocenters. The van der Waals surface area contributed by atoms with Gasteiger partial charge in [0.05, 0.1) is 0 Å². The summed E-state index contributed by atoms with van der Waals surface area (Å²) in [5, 5.41) is 2.87. The Morgan fingerprint density at radius 3 is 2.31 bits per heavy atom. The molecular formula is C11H5Br4Cl. The van der Waals surface area contributed by atoms with Crippen LogP contribution in [-0.4, -0.2) is 0 Å². The van der Waals surface area contributed by atoms with Gasteiger partial charge in [-0.25, -0.2) is 0 Å². The molecular weight excluding hydrogens is 487 g/mol. The van der Waals surface area contributed by atoms with E-state index in [-0.39, 0.29) is 0 Å². The van der Waals surface area contributed by atoms with Crippen LogP contribution in [0.15, 0.2) is 34.8 Å². The highest BCUT2D eigenvalue weighted by atomic mass is 80.0. The van der Waals surface area contributed by atoms with Crippen LogP contribution in [0.3, 0.4) is 0 Å². The summed E-state index contributed by atoms with van der Waals surface area (Å²) in [7, 11) is 0. The smallest absolute Gasteiger partial charge is 0.0836 e. The van der Waals surface area contributed by atoms with E-state index in [9.17, 15) is 0 Å². The predicted octanol–water partition coefficient (Wildman–Crippen LogP) is 6.55.